The first-order chi connectivity index (χ1) is 8.88. The van der Waals surface area contributed by atoms with Crippen LogP contribution in [0.3, 0.4) is 0 Å². The summed E-state index contributed by atoms with van der Waals surface area (Å²) in [5, 5.41) is 13.3. The molecule has 0 bridgehead atoms. The van der Waals surface area contributed by atoms with Gasteiger partial charge in [-0.1, -0.05) is 36.8 Å². The molecule has 2 N–H and O–H groups in total. The molecule has 0 aliphatic heterocycles. The van der Waals surface area contributed by atoms with Gasteiger partial charge in [0.2, 0.25) is 0 Å². The van der Waals surface area contributed by atoms with Crippen molar-refractivity contribution in [2.45, 2.75) is 44.2 Å². The number of hydrogen-bond acceptors (Lipinski definition) is 2. The van der Waals surface area contributed by atoms with Crippen LogP contribution in [-0.2, 0) is 0 Å². The first kappa shape index (κ1) is 12.2. The minimum absolute atomic E-state index is 0.337. The Labute approximate surface area is 109 Å². The fraction of sp³-hybridized carbons (Fsp3) is 0.625. The summed E-state index contributed by atoms with van der Waals surface area (Å²) in [7, 11) is 0. The summed E-state index contributed by atoms with van der Waals surface area (Å²) in [5.41, 5.74) is 1.42. The highest BCUT2D eigenvalue weighted by atomic mass is 16.3. The van der Waals surface area contributed by atoms with Crippen molar-refractivity contribution in [2.75, 3.05) is 6.61 Å². The van der Waals surface area contributed by atoms with Gasteiger partial charge in [0, 0.05) is 18.7 Å². The minimum atomic E-state index is 0.337. The van der Waals surface area contributed by atoms with Crippen LogP contribution >= 0.6 is 0 Å². The van der Waals surface area contributed by atoms with Gasteiger partial charge in [-0.3, -0.25) is 0 Å². The molecule has 98 valence electrons. The van der Waals surface area contributed by atoms with Gasteiger partial charge >= 0.3 is 0 Å². The number of aliphatic hydroxyl groups excluding tert-OH is 1. The van der Waals surface area contributed by atoms with Crippen LogP contribution in [0.1, 0.15) is 43.7 Å². The van der Waals surface area contributed by atoms with Gasteiger partial charge in [-0.05, 0) is 43.1 Å². The topological polar surface area (TPSA) is 32.3 Å². The fourth-order valence-corrected chi connectivity index (χ4v) is 3.30. The average Bonchev–Trinajstić information content (AvgIpc) is 3.16. The van der Waals surface area contributed by atoms with Crippen molar-refractivity contribution < 1.29 is 5.11 Å². The van der Waals surface area contributed by atoms with Gasteiger partial charge in [0.1, 0.15) is 0 Å². The highest BCUT2D eigenvalue weighted by Gasteiger charge is 2.36. The monoisotopic (exact) mass is 245 g/mol. The van der Waals surface area contributed by atoms with Crippen molar-refractivity contribution in [3.8, 4) is 0 Å². The summed E-state index contributed by atoms with van der Waals surface area (Å²) < 4.78 is 0. The van der Waals surface area contributed by atoms with E-state index in [9.17, 15) is 5.11 Å². The third kappa shape index (κ3) is 2.60. The molecule has 0 saturated heterocycles. The van der Waals surface area contributed by atoms with Crippen molar-refractivity contribution in [1.82, 2.24) is 5.32 Å². The molecule has 0 radical (unpaired) electrons. The molecule has 2 aliphatic carbocycles. The maximum absolute atomic E-state index is 9.43. The third-order valence-corrected chi connectivity index (χ3v) is 4.54. The first-order valence-corrected chi connectivity index (χ1v) is 7.30. The SMILES string of the molecule is OC[C@@H]1CCC[C@@H]1N[C@H](c1ccccc1)C1CC1. The van der Waals surface area contributed by atoms with Crippen LogP contribution in [-0.4, -0.2) is 17.8 Å². The Morgan fingerprint density at radius 1 is 1.11 bits per heavy atom. The van der Waals surface area contributed by atoms with Crippen molar-refractivity contribution in [2.24, 2.45) is 11.8 Å². The second-order valence-corrected chi connectivity index (χ2v) is 5.87. The van der Waals surface area contributed by atoms with Crippen molar-refractivity contribution in [1.29, 1.82) is 0 Å². The lowest BCUT2D eigenvalue weighted by atomic mass is 9.98. The summed E-state index contributed by atoms with van der Waals surface area (Å²) in [6.45, 7) is 0.337. The van der Waals surface area contributed by atoms with Gasteiger partial charge in [-0.25, -0.2) is 0 Å². The number of hydrogen-bond donors (Lipinski definition) is 2. The van der Waals surface area contributed by atoms with Crippen LogP contribution in [0.2, 0.25) is 0 Å². The van der Waals surface area contributed by atoms with E-state index in [0.717, 1.165) is 5.92 Å². The van der Waals surface area contributed by atoms with Crippen LogP contribution in [0.4, 0.5) is 0 Å². The van der Waals surface area contributed by atoms with E-state index in [1.54, 1.807) is 0 Å². The molecule has 0 heterocycles. The minimum Gasteiger partial charge on any atom is -0.396 e. The van der Waals surface area contributed by atoms with Crippen molar-refractivity contribution in [3.63, 3.8) is 0 Å². The quantitative estimate of drug-likeness (QED) is 0.836. The maximum Gasteiger partial charge on any atom is 0.0474 e. The molecular formula is C16H23NO. The molecule has 1 aromatic carbocycles. The molecule has 3 rings (SSSR count). The summed E-state index contributed by atoms with van der Waals surface area (Å²) in [6, 6.07) is 11.8. The lowest BCUT2D eigenvalue weighted by Crippen LogP contribution is -2.37. The molecule has 0 unspecified atom stereocenters. The van der Waals surface area contributed by atoms with Gasteiger partial charge in [0.25, 0.3) is 0 Å². The van der Waals surface area contributed by atoms with Crippen molar-refractivity contribution >= 4 is 0 Å². The lowest BCUT2D eigenvalue weighted by Gasteiger charge is -2.27. The van der Waals surface area contributed by atoms with Gasteiger partial charge in [-0.2, -0.15) is 0 Å². The smallest absolute Gasteiger partial charge is 0.0474 e. The van der Waals surface area contributed by atoms with Crippen LogP contribution in [0.25, 0.3) is 0 Å². The normalized spacial score (nSPS) is 29.4. The Balaban J connectivity index is 1.71. The summed E-state index contributed by atoms with van der Waals surface area (Å²) in [6.07, 6.45) is 6.36. The van der Waals surface area contributed by atoms with E-state index in [1.807, 2.05) is 0 Å². The Bertz CT molecular complexity index is 374. The zero-order chi connectivity index (χ0) is 12.4. The van der Waals surface area contributed by atoms with E-state index in [0.29, 0.717) is 24.6 Å². The molecule has 18 heavy (non-hydrogen) atoms. The van der Waals surface area contributed by atoms with E-state index >= 15 is 0 Å². The molecule has 2 nitrogen and oxygen atoms in total. The van der Waals surface area contributed by atoms with Gasteiger partial charge < -0.3 is 10.4 Å². The van der Waals surface area contributed by atoms with Crippen LogP contribution in [0.5, 0.6) is 0 Å². The van der Waals surface area contributed by atoms with Gasteiger partial charge in [0.15, 0.2) is 0 Å². The van der Waals surface area contributed by atoms with Crippen LogP contribution < -0.4 is 5.32 Å². The predicted molar refractivity (Wildman–Crippen MR) is 73.3 cm³/mol. The molecule has 2 saturated carbocycles. The van der Waals surface area contributed by atoms with Crippen molar-refractivity contribution in [3.05, 3.63) is 35.9 Å². The second-order valence-electron chi connectivity index (χ2n) is 5.87. The summed E-state index contributed by atoms with van der Waals surface area (Å²) >= 11 is 0. The molecule has 2 heteroatoms. The third-order valence-electron chi connectivity index (χ3n) is 4.54. The summed E-state index contributed by atoms with van der Waals surface area (Å²) in [4.78, 5) is 0. The van der Waals surface area contributed by atoms with Crippen LogP contribution in [0.15, 0.2) is 30.3 Å². The maximum atomic E-state index is 9.43. The molecule has 0 spiro atoms. The highest BCUT2D eigenvalue weighted by Crippen LogP contribution is 2.42. The number of nitrogens with one attached hydrogen (secondary N) is 1. The number of aliphatic hydroxyl groups is 1. The average molecular weight is 245 g/mol. The Morgan fingerprint density at radius 2 is 1.89 bits per heavy atom. The largest absolute Gasteiger partial charge is 0.396 e. The Kier molecular flexibility index (Phi) is 3.67. The van der Waals surface area contributed by atoms with E-state index in [1.165, 1.54) is 37.7 Å². The standard InChI is InChI=1S/C16H23NO/c18-11-14-7-4-8-15(14)17-16(13-9-10-13)12-5-2-1-3-6-12/h1-3,5-6,13-18H,4,7-11H2/t14-,15-,16+/m0/s1. The second kappa shape index (κ2) is 5.41. The predicted octanol–water partition coefficient (Wildman–Crippen LogP) is 2.89. The highest BCUT2D eigenvalue weighted by molar-refractivity contribution is 5.21. The molecular weight excluding hydrogens is 222 g/mol. The molecule has 2 fully saturated rings. The summed E-state index contributed by atoms with van der Waals surface area (Å²) in [5.74, 6) is 1.28. The first-order valence-electron chi connectivity index (χ1n) is 7.30. The van der Waals surface area contributed by atoms with Gasteiger partial charge in [0.05, 0.1) is 0 Å². The van der Waals surface area contributed by atoms with E-state index in [4.69, 9.17) is 0 Å². The molecule has 1 aromatic rings. The van der Waals surface area contributed by atoms with E-state index in [2.05, 4.69) is 35.6 Å². The molecule has 0 amide bonds. The Morgan fingerprint density at radius 3 is 2.56 bits per heavy atom. The van der Waals surface area contributed by atoms with E-state index in [-0.39, 0.29) is 0 Å². The van der Waals surface area contributed by atoms with E-state index < -0.39 is 0 Å². The number of benzene rings is 1. The molecule has 3 atom stereocenters. The molecule has 0 aromatic heterocycles. The lowest BCUT2D eigenvalue weighted by molar-refractivity contribution is 0.197. The zero-order valence-electron chi connectivity index (χ0n) is 10.9. The number of rotatable bonds is 5. The zero-order valence-corrected chi connectivity index (χ0v) is 10.9. The van der Waals surface area contributed by atoms with Gasteiger partial charge in [-0.15, -0.1) is 0 Å². The Hall–Kier alpha value is -0.860. The molecule has 2 aliphatic rings. The van der Waals surface area contributed by atoms with Crippen LogP contribution in [0, 0.1) is 11.8 Å². The fourth-order valence-electron chi connectivity index (χ4n) is 3.30.